The van der Waals surface area contributed by atoms with Crippen molar-refractivity contribution >= 4 is 33.3 Å². The van der Waals surface area contributed by atoms with Gasteiger partial charge in [0.2, 0.25) is 0 Å². The number of nitrogens with one attached hydrogen (secondary N) is 1. The van der Waals surface area contributed by atoms with Gasteiger partial charge in [-0.2, -0.15) is 0 Å². The largest absolute Gasteiger partial charge is 0.573 e. The van der Waals surface area contributed by atoms with Crippen molar-refractivity contribution in [2.24, 2.45) is 17.3 Å². The van der Waals surface area contributed by atoms with Crippen molar-refractivity contribution in [3.63, 3.8) is 0 Å². The number of amides is 1. The van der Waals surface area contributed by atoms with Gasteiger partial charge in [0.1, 0.15) is 23.3 Å². The number of carbonyl (C=O) groups excluding carboxylic acids is 1. The number of thiophene rings is 1. The van der Waals surface area contributed by atoms with Gasteiger partial charge in [0.15, 0.2) is 5.75 Å². The number of hydrogen-bond acceptors (Lipinski definition) is 6. The van der Waals surface area contributed by atoms with Crippen molar-refractivity contribution in [2.45, 2.75) is 63.1 Å². The quantitative estimate of drug-likeness (QED) is 0.309. The average Bonchev–Trinajstić information content (AvgIpc) is 3.23. The number of carbonyl (C=O) groups is 2. The lowest BCUT2D eigenvalue weighted by molar-refractivity contribution is -0.274. The highest BCUT2D eigenvalue weighted by molar-refractivity contribution is 7.21. The minimum atomic E-state index is -4.79. The van der Waals surface area contributed by atoms with E-state index in [1.807, 2.05) is 12.1 Å². The van der Waals surface area contributed by atoms with Crippen LogP contribution in [0.1, 0.15) is 53.8 Å². The number of aliphatic hydroxyl groups is 1. The van der Waals surface area contributed by atoms with E-state index in [4.69, 9.17) is 4.74 Å². The van der Waals surface area contributed by atoms with Gasteiger partial charge in [-0.25, -0.2) is 4.79 Å². The van der Waals surface area contributed by atoms with Gasteiger partial charge in [0, 0.05) is 15.5 Å². The first-order valence-electron chi connectivity index (χ1n) is 13.2. The zero-order valence-electron chi connectivity index (χ0n) is 21.4. The predicted octanol–water partition coefficient (Wildman–Crippen LogP) is 5.89. The summed E-state index contributed by atoms with van der Waals surface area (Å²) in [6.07, 6.45) is -0.764. The van der Waals surface area contributed by atoms with Gasteiger partial charge in [0.05, 0.1) is 5.60 Å². The first-order valence-corrected chi connectivity index (χ1v) is 14.0. The second kappa shape index (κ2) is 9.66. The summed E-state index contributed by atoms with van der Waals surface area (Å²) in [6.45, 7) is -0.0318. The number of fused-ring (bicyclic) bond motifs is 1. The first kappa shape index (κ1) is 26.9. The Morgan fingerprint density at radius 1 is 1.05 bits per heavy atom. The van der Waals surface area contributed by atoms with Crippen LogP contribution in [0.5, 0.6) is 11.5 Å². The Kier molecular flexibility index (Phi) is 6.49. The molecule has 11 heteroatoms. The minimum absolute atomic E-state index is 0.0318. The van der Waals surface area contributed by atoms with E-state index in [0.29, 0.717) is 43.1 Å². The normalized spacial score (nSPS) is 27.9. The summed E-state index contributed by atoms with van der Waals surface area (Å²) in [7, 11) is 0. The van der Waals surface area contributed by atoms with Crippen molar-refractivity contribution in [1.29, 1.82) is 0 Å². The first-order chi connectivity index (χ1) is 18.9. The van der Waals surface area contributed by atoms with Crippen LogP contribution in [0.25, 0.3) is 10.1 Å². The molecule has 0 spiro atoms. The maximum Gasteiger partial charge on any atom is 0.573 e. The van der Waals surface area contributed by atoms with Crippen LogP contribution in [-0.2, 0) is 11.4 Å². The maximum absolute atomic E-state index is 13.7. The summed E-state index contributed by atoms with van der Waals surface area (Å²) in [5.74, 6) is -1.26. The number of halogens is 3. The topological polar surface area (TPSA) is 105 Å². The van der Waals surface area contributed by atoms with Crippen LogP contribution in [0, 0.1) is 17.3 Å². The van der Waals surface area contributed by atoms with Gasteiger partial charge in [-0.3, -0.25) is 4.79 Å². The maximum atomic E-state index is 13.7. The van der Waals surface area contributed by atoms with Crippen LogP contribution in [0.3, 0.4) is 0 Å². The Morgan fingerprint density at radius 2 is 1.73 bits per heavy atom. The highest BCUT2D eigenvalue weighted by atomic mass is 32.1. The Labute approximate surface area is 231 Å². The predicted molar refractivity (Wildman–Crippen MR) is 140 cm³/mol. The summed E-state index contributed by atoms with van der Waals surface area (Å²) in [6, 6.07) is 11.3. The van der Waals surface area contributed by atoms with Gasteiger partial charge < -0.3 is 25.0 Å². The molecule has 3 aromatic rings. The number of benzene rings is 2. The average molecular weight is 576 g/mol. The molecule has 1 amide bonds. The molecule has 4 saturated carbocycles. The van der Waals surface area contributed by atoms with Crippen LogP contribution in [0.15, 0.2) is 48.5 Å². The van der Waals surface area contributed by atoms with Crippen molar-refractivity contribution in [3.8, 4) is 11.5 Å². The molecule has 212 valence electrons. The molecule has 7 rings (SSSR count). The molecular weight excluding hydrogens is 547 g/mol. The third kappa shape index (κ3) is 5.12. The summed E-state index contributed by atoms with van der Waals surface area (Å²) in [5, 5.41) is 24.9. The smallest absolute Gasteiger partial charge is 0.487 e. The van der Waals surface area contributed by atoms with E-state index in [1.165, 1.54) is 35.6 Å². The van der Waals surface area contributed by atoms with E-state index in [-0.39, 0.29) is 34.8 Å². The summed E-state index contributed by atoms with van der Waals surface area (Å²) < 4.78 is 48.2. The van der Waals surface area contributed by atoms with Crippen molar-refractivity contribution in [1.82, 2.24) is 5.32 Å². The second-order valence-electron chi connectivity index (χ2n) is 11.5. The highest BCUT2D eigenvalue weighted by Crippen LogP contribution is 2.63. The molecule has 3 unspecified atom stereocenters. The van der Waals surface area contributed by atoms with E-state index in [9.17, 15) is 33.0 Å². The molecule has 4 fully saturated rings. The highest BCUT2D eigenvalue weighted by Gasteiger charge is 2.61. The molecule has 0 aliphatic heterocycles. The van der Waals surface area contributed by atoms with Gasteiger partial charge in [-0.1, -0.05) is 24.3 Å². The molecule has 3 atom stereocenters. The number of carboxylic acid groups (broad SMARTS) is 1. The second-order valence-corrected chi connectivity index (χ2v) is 12.6. The Bertz CT molecular complexity index is 1440. The molecule has 1 heterocycles. The molecule has 40 heavy (non-hydrogen) atoms. The third-order valence-corrected chi connectivity index (χ3v) is 9.66. The lowest BCUT2D eigenvalue weighted by Gasteiger charge is -2.61. The zero-order valence-corrected chi connectivity index (χ0v) is 22.2. The monoisotopic (exact) mass is 575 g/mol. The standard InChI is InChI=1S/C29H28F3NO6S/c30-29(31,32)39-19-7-5-16(6-8-19)14-38-22-20-3-1-2-4-21(20)40-23(22)25(34)33-24(26(35)36)27-10-17-9-18(11-27)13-28(37,12-17)15-27/h1-8,17-18,24,37H,9-15H2,(H,33,34)(H,35,36). The van der Waals surface area contributed by atoms with Crippen LogP contribution in [-0.4, -0.2) is 40.1 Å². The molecule has 3 N–H and O–H groups in total. The van der Waals surface area contributed by atoms with Gasteiger partial charge >= 0.3 is 12.3 Å². The number of rotatable bonds is 8. The van der Waals surface area contributed by atoms with Crippen LogP contribution in [0.4, 0.5) is 13.2 Å². The molecule has 4 aliphatic carbocycles. The third-order valence-electron chi connectivity index (χ3n) is 8.51. The Hall–Kier alpha value is -3.31. The van der Waals surface area contributed by atoms with E-state index >= 15 is 0 Å². The molecule has 4 aliphatic rings. The number of aliphatic carboxylic acids is 1. The molecule has 7 nitrogen and oxygen atoms in total. The van der Waals surface area contributed by atoms with Crippen LogP contribution >= 0.6 is 11.3 Å². The Morgan fingerprint density at radius 3 is 2.35 bits per heavy atom. The van der Waals surface area contributed by atoms with Crippen molar-refractivity contribution < 1.29 is 42.4 Å². The van der Waals surface area contributed by atoms with Crippen molar-refractivity contribution in [2.75, 3.05) is 0 Å². The molecule has 0 radical (unpaired) electrons. The molecular formula is C29H28F3NO6S. The molecule has 4 bridgehead atoms. The summed E-state index contributed by atoms with van der Waals surface area (Å²) in [4.78, 5) is 26.5. The summed E-state index contributed by atoms with van der Waals surface area (Å²) >= 11 is 1.18. The SMILES string of the molecule is O=C(NC(C(=O)O)C12CC3CC(CC(O)(C3)C1)C2)c1sc2ccccc2c1OCc1ccc(OC(F)(F)F)cc1. The number of alkyl halides is 3. The number of hydrogen-bond donors (Lipinski definition) is 3. The van der Waals surface area contributed by atoms with Gasteiger partial charge in [-0.15, -0.1) is 24.5 Å². The van der Waals surface area contributed by atoms with Gasteiger partial charge in [-0.05, 0) is 80.2 Å². The number of carboxylic acids is 1. The Balaban J connectivity index is 1.25. The fourth-order valence-electron chi connectivity index (χ4n) is 7.55. The van der Waals surface area contributed by atoms with Crippen LogP contribution in [0.2, 0.25) is 0 Å². The van der Waals surface area contributed by atoms with Gasteiger partial charge in [0.25, 0.3) is 5.91 Å². The molecule has 2 aromatic carbocycles. The minimum Gasteiger partial charge on any atom is -0.487 e. The lowest BCUT2D eigenvalue weighted by atomic mass is 9.46. The molecule has 1 aromatic heterocycles. The fourth-order valence-corrected chi connectivity index (χ4v) is 8.60. The zero-order chi connectivity index (χ0) is 28.3. The molecule has 0 saturated heterocycles. The fraction of sp³-hybridized carbons (Fsp3) is 0.448. The van der Waals surface area contributed by atoms with E-state index in [2.05, 4.69) is 10.1 Å². The number of ether oxygens (including phenoxy) is 2. The van der Waals surface area contributed by atoms with Crippen molar-refractivity contribution in [3.05, 3.63) is 59.0 Å². The van der Waals surface area contributed by atoms with E-state index < -0.39 is 35.3 Å². The van der Waals surface area contributed by atoms with E-state index in [1.54, 1.807) is 12.1 Å². The van der Waals surface area contributed by atoms with E-state index in [0.717, 1.165) is 11.1 Å². The lowest BCUT2D eigenvalue weighted by Crippen LogP contribution is -2.64. The van der Waals surface area contributed by atoms with Crippen LogP contribution < -0.4 is 14.8 Å². The summed E-state index contributed by atoms with van der Waals surface area (Å²) in [5.41, 5.74) is -1.03.